The third-order valence-corrected chi connectivity index (χ3v) is 6.91. The zero-order valence-electron chi connectivity index (χ0n) is 16.9. The minimum Gasteiger partial charge on any atom is -0.480 e. The summed E-state index contributed by atoms with van der Waals surface area (Å²) >= 11 is 0. The summed E-state index contributed by atoms with van der Waals surface area (Å²) in [7, 11) is -4.32. The van der Waals surface area contributed by atoms with Crippen LogP contribution in [-0.4, -0.2) is 36.4 Å². The van der Waals surface area contributed by atoms with E-state index in [4.69, 9.17) is 14.5 Å². The van der Waals surface area contributed by atoms with Crippen LogP contribution in [0.1, 0.15) is 36.4 Å². The van der Waals surface area contributed by atoms with Crippen molar-refractivity contribution < 1.29 is 35.6 Å². The fraction of sp³-hybridized carbons (Fsp3) is 0.421. The molecule has 2 aromatic rings. The number of rotatable bonds is 4. The third-order valence-electron chi connectivity index (χ3n) is 4.92. The van der Waals surface area contributed by atoms with Crippen molar-refractivity contribution in [1.82, 2.24) is 9.46 Å². The Kier molecular flexibility index (Phi) is 5.30. The number of hydrogen-bond acceptors (Lipinski definition) is 7. The molecule has 1 saturated heterocycles. The number of nitrogens with zero attached hydrogens (tertiary/aromatic N) is 3. The monoisotopic (exact) mass is 457 g/mol. The number of carbonyl (C=O) groups is 1. The molecule has 0 aliphatic carbocycles. The minimum atomic E-state index is -4.81. The van der Waals surface area contributed by atoms with E-state index in [1.165, 1.54) is 19.9 Å². The highest BCUT2D eigenvalue weighted by Crippen LogP contribution is 2.40. The van der Waals surface area contributed by atoms with E-state index in [0.717, 1.165) is 12.1 Å². The van der Waals surface area contributed by atoms with Gasteiger partial charge in [-0.1, -0.05) is 19.0 Å². The van der Waals surface area contributed by atoms with E-state index >= 15 is 0 Å². The van der Waals surface area contributed by atoms with E-state index in [2.05, 4.69) is 5.16 Å². The topological polar surface area (TPSA) is 114 Å². The van der Waals surface area contributed by atoms with Gasteiger partial charge in [0.1, 0.15) is 11.4 Å². The molecule has 0 N–H and O–H groups in total. The molecule has 2 heterocycles. The summed E-state index contributed by atoms with van der Waals surface area (Å²) in [6.45, 7) is 5.67. The minimum absolute atomic E-state index is 0.00869. The number of ether oxygens (including phenoxy) is 1. The third kappa shape index (κ3) is 3.85. The van der Waals surface area contributed by atoms with Gasteiger partial charge in [-0.15, -0.1) is 0 Å². The van der Waals surface area contributed by atoms with Crippen LogP contribution in [0.25, 0.3) is 0 Å². The largest absolute Gasteiger partial charge is 0.480 e. The van der Waals surface area contributed by atoms with Gasteiger partial charge in [0.25, 0.3) is 15.9 Å². The molecule has 1 amide bonds. The van der Waals surface area contributed by atoms with Crippen LogP contribution in [0.15, 0.2) is 27.6 Å². The maximum Gasteiger partial charge on any atom is 0.417 e. The highest BCUT2D eigenvalue weighted by molar-refractivity contribution is 7.89. The lowest BCUT2D eigenvalue weighted by Gasteiger charge is -2.24. The fourth-order valence-electron chi connectivity index (χ4n) is 3.43. The first-order chi connectivity index (χ1) is 14.2. The van der Waals surface area contributed by atoms with Crippen molar-refractivity contribution in [2.24, 2.45) is 5.41 Å². The van der Waals surface area contributed by atoms with Gasteiger partial charge in [-0.3, -0.25) is 4.79 Å². The van der Waals surface area contributed by atoms with E-state index in [1.807, 2.05) is 0 Å². The zero-order valence-corrected chi connectivity index (χ0v) is 17.8. The lowest BCUT2D eigenvalue weighted by Crippen LogP contribution is -2.38. The number of amides is 1. The molecule has 1 aliphatic rings. The first-order valence-electron chi connectivity index (χ1n) is 8.97. The summed E-state index contributed by atoms with van der Waals surface area (Å²) in [5.41, 5.74) is -2.79. The molecule has 1 unspecified atom stereocenters. The van der Waals surface area contributed by atoms with Gasteiger partial charge in [0, 0.05) is 12.0 Å². The molecule has 31 heavy (non-hydrogen) atoms. The molecule has 1 aromatic carbocycles. The number of carbonyl (C=O) groups excluding carboxylic acids is 1. The number of hydrogen-bond donors (Lipinski definition) is 0. The van der Waals surface area contributed by atoms with E-state index in [0.29, 0.717) is 10.4 Å². The molecule has 166 valence electrons. The number of benzene rings is 1. The van der Waals surface area contributed by atoms with Crippen LogP contribution in [0.3, 0.4) is 0 Å². The van der Waals surface area contributed by atoms with Crippen molar-refractivity contribution in [2.75, 3.05) is 6.54 Å². The average molecular weight is 457 g/mol. The highest BCUT2D eigenvalue weighted by Gasteiger charge is 2.53. The normalized spacial score (nSPS) is 18.8. The molecule has 1 aromatic heterocycles. The molecule has 3 rings (SSSR count). The Bertz CT molecular complexity index is 1180. The summed E-state index contributed by atoms with van der Waals surface area (Å²) in [6, 6.07) is 4.14. The van der Waals surface area contributed by atoms with Crippen molar-refractivity contribution in [2.45, 2.75) is 44.9 Å². The van der Waals surface area contributed by atoms with Crippen LogP contribution >= 0.6 is 0 Å². The number of sulfonamides is 1. The number of halogens is 3. The van der Waals surface area contributed by atoms with E-state index < -0.39 is 44.8 Å². The Labute approximate surface area is 176 Å². The number of nitriles is 1. The van der Waals surface area contributed by atoms with Gasteiger partial charge in [-0.2, -0.15) is 18.4 Å². The first-order valence-corrected chi connectivity index (χ1v) is 10.4. The summed E-state index contributed by atoms with van der Waals surface area (Å²) in [5.74, 6) is -1.23. The predicted octanol–water partition coefficient (Wildman–Crippen LogP) is 3.19. The van der Waals surface area contributed by atoms with Crippen LogP contribution in [0.5, 0.6) is 5.75 Å². The lowest BCUT2D eigenvalue weighted by molar-refractivity contribution is -0.137. The second-order valence-electron chi connectivity index (χ2n) is 7.81. The van der Waals surface area contributed by atoms with Crippen molar-refractivity contribution in [3.05, 3.63) is 40.8 Å². The SMILES string of the molecule is Cc1noc(C)c1S(=O)(=O)N1CC(C)(C)C(Oc2ccc(C#N)c(C(F)(F)F)c2)C1=O. The fourth-order valence-corrected chi connectivity index (χ4v) is 5.29. The highest BCUT2D eigenvalue weighted by atomic mass is 32.2. The standard InChI is InChI=1S/C19H18F3N3O5S/c1-10-15(11(2)30-24-10)31(27,28)25-9-18(3,4)16(17(25)26)29-13-6-5-12(8-23)14(7-13)19(20,21)22/h5-7,16H,9H2,1-4H3. The number of aryl methyl sites for hydroxylation is 2. The maximum atomic E-state index is 13.2. The van der Waals surface area contributed by atoms with Gasteiger partial charge >= 0.3 is 6.18 Å². The molecule has 0 radical (unpaired) electrons. The van der Waals surface area contributed by atoms with Crippen molar-refractivity contribution in [3.63, 3.8) is 0 Å². The summed E-state index contributed by atoms with van der Waals surface area (Å²) in [5, 5.41) is 12.5. The maximum absolute atomic E-state index is 13.2. The Balaban J connectivity index is 1.98. The molecule has 0 saturated carbocycles. The molecular formula is C19H18F3N3O5S. The van der Waals surface area contributed by atoms with Crippen LogP contribution in [0.4, 0.5) is 13.2 Å². The second kappa shape index (κ2) is 7.26. The van der Waals surface area contributed by atoms with Gasteiger partial charge in [-0.25, -0.2) is 12.7 Å². The van der Waals surface area contributed by atoms with Gasteiger partial charge in [0.15, 0.2) is 16.8 Å². The first kappa shape index (κ1) is 22.6. The van der Waals surface area contributed by atoms with Crippen LogP contribution in [-0.2, 0) is 21.0 Å². The number of aromatic nitrogens is 1. The van der Waals surface area contributed by atoms with Crippen molar-refractivity contribution in [3.8, 4) is 11.8 Å². The quantitative estimate of drug-likeness (QED) is 0.693. The van der Waals surface area contributed by atoms with Crippen LogP contribution in [0, 0.1) is 30.6 Å². The zero-order chi connectivity index (χ0) is 23.4. The van der Waals surface area contributed by atoms with E-state index in [1.54, 1.807) is 13.8 Å². The predicted molar refractivity (Wildman–Crippen MR) is 99.2 cm³/mol. The van der Waals surface area contributed by atoms with Crippen molar-refractivity contribution in [1.29, 1.82) is 5.26 Å². The van der Waals surface area contributed by atoms with Gasteiger partial charge in [0.2, 0.25) is 0 Å². The van der Waals surface area contributed by atoms with Crippen LogP contribution in [0.2, 0.25) is 0 Å². The van der Waals surface area contributed by atoms with E-state index in [-0.39, 0.29) is 28.6 Å². The summed E-state index contributed by atoms with van der Waals surface area (Å²) in [6.07, 6.45) is -6.19. The lowest BCUT2D eigenvalue weighted by atomic mass is 9.89. The molecule has 1 atom stereocenters. The molecule has 1 fully saturated rings. The van der Waals surface area contributed by atoms with Gasteiger partial charge < -0.3 is 9.26 Å². The Hall–Kier alpha value is -3.07. The molecule has 1 aliphatic heterocycles. The van der Waals surface area contributed by atoms with Gasteiger partial charge in [0.05, 0.1) is 17.2 Å². The summed E-state index contributed by atoms with van der Waals surface area (Å²) in [4.78, 5) is 12.8. The molecule has 0 bridgehead atoms. The molecule has 0 spiro atoms. The molecular weight excluding hydrogens is 439 g/mol. The Morgan fingerprint density at radius 1 is 1.32 bits per heavy atom. The van der Waals surface area contributed by atoms with Crippen LogP contribution < -0.4 is 4.74 Å². The smallest absolute Gasteiger partial charge is 0.417 e. The summed E-state index contributed by atoms with van der Waals surface area (Å²) < 4.78 is 76.9. The number of alkyl halides is 3. The Morgan fingerprint density at radius 3 is 2.48 bits per heavy atom. The average Bonchev–Trinajstić information content (AvgIpc) is 3.12. The molecule has 12 heteroatoms. The second-order valence-corrected chi connectivity index (χ2v) is 9.61. The van der Waals surface area contributed by atoms with Crippen molar-refractivity contribution >= 4 is 15.9 Å². The Morgan fingerprint density at radius 2 is 1.97 bits per heavy atom. The van der Waals surface area contributed by atoms with E-state index in [9.17, 15) is 26.4 Å². The molecule has 8 nitrogen and oxygen atoms in total. The van der Waals surface area contributed by atoms with Gasteiger partial charge in [-0.05, 0) is 32.0 Å².